The summed E-state index contributed by atoms with van der Waals surface area (Å²) < 4.78 is 6.14. The number of hydrogen-bond acceptors (Lipinski definition) is 2. The summed E-state index contributed by atoms with van der Waals surface area (Å²) in [6.45, 7) is 0. The van der Waals surface area contributed by atoms with Crippen LogP contribution in [0.3, 0.4) is 0 Å². The van der Waals surface area contributed by atoms with E-state index in [1.807, 2.05) is 30.3 Å². The zero-order valence-corrected chi connectivity index (χ0v) is 10.4. The number of alkyl halides is 1. The fourth-order valence-electron chi connectivity index (χ4n) is 1.16. The molecule has 2 aromatic rings. The van der Waals surface area contributed by atoms with Crippen LogP contribution in [0.25, 0.3) is 11.3 Å². The molecule has 0 radical (unpaired) electrons. The van der Waals surface area contributed by atoms with Crippen molar-refractivity contribution in [2.24, 2.45) is 0 Å². The Morgan fingerprint density at radius 3 is 2.79 bits per heavy atom. The van der Waals surface area contributed by atoms with E-state index in [0.29, 0.717) is 5.33 Å². The van der Waals surface area contributed by atoms with E-state index in [1.54, 1.807) is 0 Å². The zero-order chi connectivity index (χ0) is 9.97. The van der Waals surface area contributed by atoms with Gasteiger partial charge in [-0.25, -0.2) is 0 Å². The number of benzene rings is 1. The number of nitrogens with zero attached hydrogens (tertiary/aromatic N) is 1. The molecule has 0 saturated heterocycles. The van der Waals surface area contributed by atoms with Crippen molar-refractivity contribution in [3.05, 3.63) is 40.6 Å². The first kappa shape index (κ1) is 9.93. The molecule has 72 valence electrons. The molecule has 0 amide bonds. The summed E-state index contributed by atoms with van der Waals surface area (Å²) in [5.41, 5.74) is 1.91. The van der Waals surface area contributed by atoms with E-state index in [0.717, 1.165) is 21.5 Å². The Bertz CT molecular complexity index is 439. The second kappa shape index (κ2) is 4.28. The maximum absolute atomic E-state index is 5.10. The van der Waals surface area contributed by atoms with Crippen molar-refractivity contribution < 1.29 is 4.52 Å². The second-order valence-electron chi connectivity index (χ2n) is 2.82. The minimum atomic E-state index is 0.688. The monoisotopic (exact) mass is 315 g/mol. The third kappa shape index (κ3) is 2.07. The molecule has 0 fully saturated rings. The first-order valence-electron chi connectivity index (χ1n) is 4.07. The lowest BCUT2D eigenvalue weighted by Crippen LogP contribution is -1.75. The van der Waals surface area contributed by atoms with Crippen molar-refractivity contribution in [3.8, 4) is 11.3 Å². The Morgan fingerprint density at radius 2 is 2.14 bits per heavy atom. The summed E-state index contributed by atoms with van der Waals surface area (Å²) in [6, 6.07) is 9.89. The maximum atomic E-state index is 5.10. The molecule has 0 aliphatic carbocycles. The van der Waals surface area contributed by atoms with Crippen molar-refractivity contribution >= 4 is 31.9 Å². The molecule has 0 bridgehead atoms. The first-order chi connectivity index (χ1) is 6.79. The highest BCUT2D eigenvalue weighted by Gasteiger charge is 2.05. The van der Waals surface area contributed by atoms with Crippen LogP contribution in [0, 0.1) is 0 Å². The van der Waals surface area contributed by atoms with Gasteiger partial charge in [0, 0.05) is 16.1 Å². The molecule has 0 saturated carbocycles. The molecule has 2 nitrogen and oxygen atoms in total. The molecular weight excluding hydrogens is 310 g/mol. The Kier molecular flexibility index (Phi) is 3.03. The Hall–Kier alpha value is -0.610. The van der Waals surface area contributed by atoms with E-state index >= 15 is 0 Å². The van der Waals surface area contributed by atoms with Gasteiger partial charge in [0.25, 0.3) is 0 Å². The second-order valence-corrected chi connectivity index (χ2v) is 4.30. The van der Waals surface area contributed by atoms with E-state index in [1.165, 1.54) is 0 Å². The Morgan fingerprint density at radius 1 is 1.29 bits per heavy atom. The predicted molar refractivity (Wildman–Crippen MR) is 62.3 cm³/mol. The molecule has 0 spiro atoms. The molecule has 0 aliphatic rings. The van der Waals surface area contributed by atoms with Crippen LogP contribution in [0.5, 0.6) is 0 Å². The Labute approximate surface area is 98.6 Å². The number of halogens is 2. The van der Waals surface area contributed by atoms with Gasteiger partial charge in [-0.2, -0.15) is 0 Å². The molecule has 1 aromatic carbocycles. The normalized spacial score (nSPS) is 10.4. The summed E-state index contributed by atoms with van der Waals surface area (Å²) in [6.07, 6.45) is 0. The van der Waals surface area contributed by atoms with Gasteiger partial charge in [-0.3, -0.25) is 0 Å². The topological polar surface area (TPSA) is 26.0 Å². The highest BCUT2D eigenvalue weighted by molar-refractivity contribution is 9.10. The van der Waals surface area contributed by atoms with Crippen molar-refractivity contribution in [2.75, 3.05) is 0 Å². The third-order valence-electron chi connectivity index (χ3n) is 1.81. The molecule has 0 unspecified atom stereocenters. The van der Waals surface area contributed by atoms with E-state index in [4.69, 9.17) is 4.52 Å². The predicted octanol–water partition coefficient (Wildman–Crippen LogP) is 4.00. The van der Waals surface area contributed by atoms with Gasteiger partial charge in [0.1, 0.15) is 11.5 Å². The Balaban J connectivity index is 2.39. The number of aromatic nitrogens is 1. The lowest BCUT2D eigenvalue weighted by atomic mass is 10.1. The highest BCUT2D eigenvalue weighted by atomic mass is 79.9. The zero-order valence-electron chi connectivity index (χ0n) is 7.21. The molecule has 0 N–H and O–H groups in total. The molecule has 0 atom stereocenters. The summed E-state index contributed by atoms with van der Waals surface area (Å²) in [7, 11) is 0. The molecule has 14 heavy (non-hydrogen) atoms. The van der Waals surface area contributed by atoms with Crippen LogP contribution in [-0.2, 0) is 5.33 Å². The third-order valence-corrected chi connectivity index (χ3v) is 2.86. The molecule has 1 aromatic heterocycles. The molecule has 1 heterocycles. The first-order valence-corrected chi connectivity index (χ1v) is 5.98. The number of rotatable bonds is 2. The van der Waals surface area contributed by atoms with Crippen LogP contribution >= 0.6 is 31.9 Å². The SMILES string of the molecule is BrCc1cc(-c2cccc(Br)c2)no1. The van der Waals surface area contributed by atoms with Gasteiger partial charge in [-0.15, -0.1) is 0 Å². The highest BCUT2D eigenvalue weighted by Crippen LogP contribution is 2.23. The fourth-order valence-corrected chi connectivity index (χ4v) is 1.82. The van der Waals surface area contributed by atoms with Gasteiger partial charge in [0.05, 0.1) is 5.33 Å². The van der Waals surface area contributed by atoms with Gasteiger partial charge in [0.15, 0.2) is 0 Å². The largest absolute Gasteiger partial charge is 0.360 e. The standard InChI is InChI=1S/C10H7Br2NO/c11-6-9-5-10(13-14-9)7-2-1-3-8(12)4-7/h1-5H,6H2. The van der Waals surface area contributed by atoms with Gasteiger partial charge < -0.3 is 4.52 Å². The maximum Gasteiger partial charge on any atom is 0.147 e. The molecule has 0 aliphatic heterocycles. The minimum Gasteiger partial charge on any atom is -0.360 e. The van der Waals surface area contributed by atoms with E-state index in [-0.39, 0.29) is 0 Å². The lowest BCUT2D eigenvalue weighted by Gasteiger charge is -1.94. The average Bonchev–Trinajstić information content (AvgIpc) is 2.66. The smallest absolute Gasteiger partial charge is 0.147 e. The van der Waals surface area contributed by atoms with E-state index in [9.17, 15) is 0 Å². The summed E-state index contributed by atoms with van der Waals surface area (Å²) in [5, 5.41) is 4.66. The molecular formula is C10H7Br2NO. The van der Waals surface area contributed by atoms with Crippen LogP contribution in [-0.4, -0.2) is 5.16 Å². The summed E-state index contributed by atoms with van der Waals surface area (Å²) in [5.74, 6) is 0.833. The van der Waals surface area contributed by atoms with Gasteiger partial charge in [-0.1, -0.05) is 49.1 Å². The van der Waals surface area contributed by atoms with E-state index in [2.05, 4.69) is 37.0 Å². The average molecular weight is 317 g/mol. The van der Waals surface area contributed by atoms with Crippen LogP contribution in [0.15, 0.2) is 39.3 Å². The lowest BCUT2D eigenvalue weighted by molar-refractivity contribution is 0.398. The van der Waals surface area contributed by atoms with Crippen LogP contribution in [0.4, 0.5) is 0 Å². The number of hydrogen-bond donors (Lipinski definition) is 0. The van der Waals surface area contributed by atoms with Crippen LogP contribution < -0.4 is 0 Å². The minimum absolute atomic E-state index is 0.688. The van der Waals surface area contributed by atoms with Gasteiger partial charge >= 0.3 is 0 Å². The molecule has 2 rings (SSSR count). The van der Waals surface area contributed by atoms with Crippen LogP contribution in [0.2, 0.25) is 0 Å². The van der Waals surface area contributed by atoms with Crippen molar-refractivity contribution in [2.45, 2.75) is 5.33 Å². The van der Waals surface area contributed by atoms with E-state index < -0.39 is 0 Å². The quantitative estimate of drug-likeness (QED) is 0.783. The molecule has 4 heteroatoms. The summed E-state index contributed by atoms with van der Waals surface area (Å²) in [4.78, 5) is 0. The summed E-state index contributed by atoms with van der Waals surface area (Å²) >= 11 is 6.73. The van der Waals surface area contributed by atoms with Crippen molar-refractivity contribution in [3.63, 3.8) is 0 Å². The van der Waals surface area contributed by atoms with Gasteiger partial charge in [0.2, 0.25) is 0 Å². The van der Waals surface area contributed by atoms with Gasteiger partial charge in [-0.05, 0) is 12.1 Å². The van der Waals surface area contributed by atoms with Crippen LogP contribution in [0.1, 0.15) is 5.76 Å². The fraction of sp³-hybridized carbons (Fsp3) is 0.100. The van der Waals surface area contributed by atoms with Crippen molar-refractivity contribution in [1.82, 2.24) is 5.16 Å². The van der Waals surface area contributed by atoms with Crippen molar-refractivity contribution in [1.29, 1.82) is 0 Å².